The van der Waals surface area contributed by atoms with Crippen molar-refractivity contribution in [1.82, 2.24) is 14.7 Å². The van der Waals surface area contributed by atoms with Crippen molar-refractivity contribution in [1.29, 1.82) is 0 Å². The van der Waals surface area contributed by atoms with E-state index in [1.54, 1.807) is 0 Å². The van der Waals surface area contributed by atoms with Crippen LogP contribution in [0.3, 0.4) is 0 Å². The van der Waals surface area contributed by atoms with E-state index in [1.165, 1.54) is 16.8 Å². The Bertz CT molecular complexity index is 636. The highest BCUT2D eigenvalue weighted by molar-refractivity contribution is 5.16. The van der Waals surface area contributed by atoms with Gasteiger partial charge in [-0.3, -0.25) is 9.58 Å². The van der Waals surface area contributed by atoms with Crippen LogP contribution in [0, 0.1) is 5.92 Å². The average molecular weight is 344 g/mol. The van der Waals surface area contributed by atoms with E-state index < -0.39 is 0 Å². The van der Waals surface area contributed by atoms with Crippen LogP contribution in [-0.2, 0) is 13.1 Å². The van der Waals surface area contributed by atoms with E-state index in [2.05, 4.69) is 53.7 Å². The van der Waals surface area contributed by atoms with Crippen molar-refractivity contribution in [2.45, 2.75) is 72.1 Å². The lowest BCUT2D eigenvalue weighted by atomic mass is 10.1. The van der Waals surface area contributed by atoms with Gasteiger partial charge in [-0.05, 0) is 64.9 Å². The Labute approximate surface area is 152 Å². The average Bonchev–Trinajstić information content (AvgIpc) is 3.36. The molecule has 0 aromatic carbocycles. The summed E-state index contributed by atoms with van der Waals surface area (Å²) in [5.74, 6) is 0.446. The molecule has 1 aliphatic carbocycles. The van der Waals surface area contributed by atoms with Gasteiger partial charge >= 0.3 is 0 Å². The highest BCUT2D eigenvalue weighted by atomic mass is 16.3. The van der Waals surface area contributed by atoms with Gasteiger partial charge in [0.2, 0.25) is 0 Å². The quantitative estimate of drug-likeness (QED) is 0.754. The molecule has 1 aromatic rings. The summed E-state index contributed by atoms with van der Waals surface area (Å²) < 4.78 is 2.12. The third-order valence-corrected chi connectivity index (χ3v) is 5.27. The minimum Gasteiger partial charge on any atom is -0.386 e. The Kier molecular flexibility index (Phi) is 6.13. The van der Waals surface area contributed by atoms with Gasteiger partial charge in [-0.2, -0.15) is 5.10 Å². The molecule has 2 heterocycles. The molecule has 1 aliphatic heterocycles. The van der Waals surface area contributed by atoms with Gasteiger partial charge < -0.3 is 5.11 Å². The maximum atomic E-state index is 10.3. The summed E-state index contributed by atoms with van der Waals surface area (Å²) in [5, 5.41) is 15.0. The third-order valence-electron chi connectivity index (χ3n) is 5.27. The Morgan fingerprint density at radius 2 is 2.08 bits per heavy atom. The van der Waals surface area contributed by atoms with E-state index in [1.807, 2.05) is 0 Å². The number of aromatic nitrogens is 2. The molecule has 0 spiro atoms. The summed E-state index contributed by atoms with van der Waals surface area (Å²) in [6, 6.07) is 2.13. The largest absolute Gasteiger partial charge is 0.386 e. The Morgan fingerprint density at radius 3 is 2.80 bits per heavy atom. The zero-order valence-electron chi connectivity index (χ0n) is 16.0. The molecule has 1 fully saturated rings. The Hall–Kier alpha value is -1.39. The predicted octanol–water partition coefficient (Wildman–Crippen LogP) is 4.22. The van der Waals surface area contributed by atoms with Gasteiger partial charge in [0.25, 0.3) is 0 Å². The molecule has 0 radical (unpaired) electrons. The van der Waals surface area contributed by atoms with E-state index in [4.69, 9.17) is 0 Å². The summed E-state index contributed by atoms with van der Waals surface area (Å²) in [7, 11) is 0. The van der Waals surface area contributed by atoms with Crippen LogP contribution in [0.1, 0.15) is 70.4 Å². The van der Waals surface area contributed by atoms with Gasteiger partial charge in [-0.1, -0.05) is 23.3 Å². The van der Waals surface area contributed by atoms with E-state index in [0.29, 0.717) is 5.92 Å². The van der Waals surface area contributed by atoms with Gasteiger partial charge in [0.05, 0.1) is 11.4 Å². The predicted molar refractivity (Wildman–Crippen MR) is 102 cm³/mol. The van der Waals surface area contributed by atoms with E-state index in [9.17, 15) is 5.11 Å². The molecular weight excluding hydrogens is 310 g/mol. The molecule has 1 saturated carbocycles. The van der Waals surface area contributed by atoms with Crippen molar-refractivity contribution in [2.75, 3.05) is 13.1 Å². The second kappa shape index (κ2) is 8.33. The fourth-order valence-electron chi connectivity index (χ4n) is 3.48. The number of hydrogen-bond acceptors (Lipinski definition) is 3. The van der Waals surface area contributed by atoms with Crippen LogP contribution in [0.2, 0.25) is 0 Å². The maximum absolute atomic E-state index is 10.3. The van der Waals surface area contributed by atoms with Gasteiger partial charge in [0, 0.05) is 26.2 Å². The van der Waals surface area contributed by atoms with Crippen LogP contribution in [0.25, 0.3) is 0 Å². The topological polar surface area (TPSA) is 41.3 Å². The molecule has 0 amide bonds. The molecule has 138 valence electrons. The van der Waals surface area contributed by atoms with Crippen LogP contribution >= 0.6 is 0 Å². The molecule has 3 rings (SSSR count). The number of hydrogen-bond donors (Lipinski definition) is 1. The molecule has 1 atom stereocenters. The molecule has 0 saturated heterocycles. The van der Waals surface area contributed by atoms with Gasteiger partial charge in [0.15, 0.2) is 0 Å². The molecule has 2 aliphatic rings. The summed E-state index contributed by atoms with van der Waals surface area (Å²) in [6.45, 7) is 10.6. The van der Waals surface area contributed by atoms with Gasteiger partial charge in [-0.15, -0.1) is 0 Å². The van der Waals surface area contributed by atoms with Crippen molar-refractivity contribution in [3.63, 3.8) is 0 Å². The molecule has 4 nitrogen and oxygen atoms in total. The Balaban J connectivity index is 1.56. The van der Waals surface area contributed by atoms with Crippen LogP contribution in [-0.4, -0.2) is 32.9 Å². The number of rotatable bonds is 7. The number of nitrogens with zero attached hydrogens (tertiary/aromatic N) is 3. The fraction of sp³-hybridized carbons (Fsp3) is 0.667. The van der Waals surface area contributed by atoms with Crippen LogP contribution in [0.4, 0.5) is 0 Å². The van der Waals surface area contributed by atoms with Crippen molar-refractivity contribution >= 4 is 0 Å². The zero-order chi connectivity index (χ0) is 17.8. The molecule has 0 bridgehead atoms. The lowest BCUT2D eigenvalue weighted by molar-refractivity contribution is 0.148. The Morgan fingerprint density at radius 1 is 1.28 bits per heavy atom. The molecule has 4 heteroatoms. The second-order valence-electron chi connectivity index (χ2n) is 8.03. The minimum absolute atomic E-state index is 0.356. The monoisotopic (exact) mass is 343 g/mol. The lowest BCUT2D eigenvalue weighted by Gasteiger charge is -2.17. The first kappa shape index (κ1) is 18.4. The third kappa shape index (κ3) is 5.29. The van der Waals surface area contributed by atoms with Gasteiger partial charge in [0.1, 0.15) is 6.10 Å². The van der Waals surface area contributed by atoms with E-state index in [-0.39, 0.29) is 6.10 Å². The van der Waals surface area contributed by atoms with Crippen LogP contribution in [0.5, 0.6) is 0 Å². The smallest absolute Gasteiger partial charge is 0.101 e. The summed E-state index contributed by atoms with van der Waals surface area (Å²) in [4.78, 5) is 2.50. The van der Waals surface area contributed by atoms with Crippen molar-refractivity contribution in [3.8, 4) is 0 Å². The normalized spacial score (nSPS) is 20.1. The zero-order valence-corrected chi connectivity index (χ0v) is 16.0. The van der Waals surface area contributed by atoms with Crippen LogP contribution in [0.15, 0.2) is 29.4 Å². The van der Waals surface area contributed by atoms with Crippen molar-refractivity contribution < 1.29 is 5.11 Å². The number of allylic oxidation sites excluding steroid dienone is 3. The number of fused-ring (bicyclic) bond motifs is 1. The molecule has 25 heavy (non-hydrogen) atoms. The van der Waals surface area contributed by atoms with E-state index >= 15 is 0 Å². The molecule has 1 aromatic heterocycles. The number of aliphatic hydroxyl groups excluding tert-OH is 1. The first-order valence-corrected chi connectivity index (χ1v) is 9.79. The van der Waals surface area contributed by atoms with E-state index in [0.717, 1.165) is 64.0 Å². The maximum Gasteiger partial charge on any atom is 0.101 e. The van der Waals surface area contributed by atoms with Crippen LogP contribution < -0.4 is 0 Å². The summed E-state index contributed by atoms with van der Waals surface area (Å²) >= 11 is 0. The van der Waals surface area contributed by atoms with Crippen molar-refractivity contribution in [3.05, 3.63) is 40.8 Å². The van der Waals surface area contributed by atoms with Crippen molar-refractivity contribution in [2.24, 2.45) is 5.92 Å². The minimum atomic E-state index is -0.356. The highest BCUT2D eigenvalue weighted by Crippen LogP contribution is 2.40. The van der Waals surface area contributed by atoms with Gasteiger partial charge in [-0.25, -0.2) is 0 Å². The lowest BCUT2D eigenvalue weighted by Crippen LogP contribution is -2.23. The second-order valence-corrected chi connectivity index (χ2v) is 8.03. The highest BCUT2D eigenvalue weighted by Gasteiger charge is 2.33. The molecular formula is C21H33N3O. The fourth-order valence-corrected chi connectivity index (χ4v) is 3.48. The summed E-state index contributed by atoms with van der Waals surface area (Å²) in [6.07, 6.45) is 10.0. The standard InChI is InChI=1S/C21H33N3O/c1-16(2)6-4-7-17(3)10-13-23-11-5-12-24-19(15-23)14-20(22-24)21(25)18-8-9-18/h6,10,14,18,21,25H,4-5,7-9,11-13,15H2,1-3H3/b17-10+/t21-/m0/s1. The molecule has 0 unspecified atom stereocenters. The number of aryl methyl sites for hydroxylation is 1. The number of aliphatic hydroxyl groups is 1. The first-order chi connectivity index (χ1) is 12.0. The first-order valence-electron chi connectivity index (χ1n) is 9.79. The SMILES string of the molecule is CC(C)=CCC/C(C)=C/CN1CCCn2nc([C@@H](O)C3CC3)cc2C1. The molecule has 1 N–H and O–H groups in total. The summed E-state index contributed by atoms with van der Waals surface area (Å²) in [5.41, 5.74) is 5.01.